The minimum Gasteiger partial charge on any atom is -0.328 e. The maximum Gasteiger partial charge on any atom is 0.00388 e. The first-order chi connectivity index (χ1) is 7.22. The molecule has 1 aliphatic carbocycles. The van der Waals surface area contributed by atoms with Gasteiger partial charge in [0.25, 0.3) is 0 Å². The lowest BCUT2D eigenvalue weighted by Crippen LogP contribution is -2.22. The number of hydrogen-bond donors (Lipinski definition) is 3. The largest absolute Gasteiger partial charge is 0.328 e. The fourth-order valence-electron chi connectivity index (χ4n) is 1.38. The molecule has 17 heavy (non-hydrogen) atoms. The smallest absolute Gasteiger partial charge is 0.00388 e. The molecule has 0 unspecified atom stereocenters. The average molecular weight is 379 g/mol. The second kappa shape index (κ2) is 25.6. The fourth-order valence-corrected chi connectivity index (χ4v) is 1.38. The van der Waals surface area contributed by atoms with E-state index in [1.165, 1.54) is 32.1 Å². The lowest BCUT2D eigenvalue weighted by molar-refractivity contribution is 0.441. The van der Waals surface area contributed by atoms with Gasteiger partial charge in [0.15, 0.2) is 0 Å². The third-order valence-electron chi connectivity index (χ3n) is 2.15. The predicted molar refractivity (Wildman–Crippen MR) is 90.9 cm³/mol. The van der Waals surface area contributed by atoms with Gasteiger partial charge in [-0.3, -0.25) is 0 Å². The van der Waals surface area contributed by atoms with Crippen molar-refractivity contribution < 1.29 is 0 Å². The van der Waals surface area contributed by atoms with E-state index in [0.29, 0.717) is 6.04 Å². The molecular weight excluding hydrogens is 346 g/mol. The first-order valence-corrected chi connectivity index (χ1v) is 6.27. The number of nitrogens with one attached hydrogen (secondary N) is 2. The Kier molecular flexibility index (Phi) is 39.8. The van der Waals surface area contributed by atoms with Crippen LogP contribution in [0.25, 0.3) is 0 Å². The molecule has 4 N–H and O–H groups in total. The Labute approximate surface area is 129 Å². The molecule has 0 amide bonds. The van der Waals surface area contributed by atoms with Gasteiger partial charge < -0.3 is 16.4 Å². The Bertz CT molecular complexity index is 97.8. The molecule has 0 atom stereocenters. The summed E-state index contributed by atoms with van der Waals surface area (Å²) in [7, 11) is 3.75. The van der Waals surface area contributed by atoms with E-state index in [9.17, 15) is 0 Å². The molecule has 1 fully saturated rings. The van der Waals surface area contributed by atoms with Gasteiger partial charge in [0.1, 0.15) is 0 Å². The Morgan fingerprint density at radius 1 is 0.941 bits per heavy atom. The molecule has 0 saturated heterocycles. The molecule has 3 nitrogen and oxygen atoms in total. The molecular formula is C12H33Br2N3. The van der Waals surface area contributed by atoms with Gasteiger partial charge in [0.2, 0.25) is 0 Å². The van der Waals surface area contributed by atoms with Crippen LogP contribution in [0.3, 0.4) is 0 Å². The Balaban J connectivity index is -0.0000000765. The van der Waals surface area contributed by atoms with Crippen molar-refractivity contribution in [3.63, 3.8) is 0 Å². The van der Waals surface area contributed by atoms with Crippen molar-refractivity contribution in [1.29, 1.82) is 0 Å². The van der Waals surface area contributed by atoms with E-state index in [-0.39, 0.29) is 34.0 Å². The molecule has 0 aromatic heterocycles. The normalized spacial score (nSPS) is 13.9. The maximum atomic E-state index is 5.63. The van der Waals surface area contributed by atoms with Crippen LogP contribution in [0.15, 0.2) is 0 Å². The highest BCUT2D eigenvalue weighted by Crippen LogP contribution is 2.14. The minimum atomic E-state index is 0. The van der Waals surface area contributed by atoms with Gasteiger partial charge in [0.05, 0.1) is 0 Å². The first-order valence-electron chi connectivity index (χ1n) is 6.27. The molecule has 0 spiro atoms. The predicted octanol–water partition coefficient (Wildman–Crippen LogP) is 2.89. The van der Waals surface area contributed by atoms with E-state index in [0.717, 1.165) is 13.1 Å². The van der Waals surface area contributed by atoms with E-state index in [1.807, 2.05) is 14.1 Å². The van der Waals surface area contributed by atoms with E-state index in [4.69, 9.17) is 5.73 Å². The topological polar surface area (TPSA) is 50.1 Å². The van der Waals surface area contributed by atoms with Crippen molar-refractivity contribution in [2.24, 2.45) is 5.73 Å². The van der Waals surface area contributed by atoms with E-state index in [1.54, 1.807) is 0 Å². The number of nitrogens with two attached hydrogens (primary N) is 1. The number of halogens is 2. The number of rotatable bonds is 2. The molecule has 0 aliphatic heterocycles. The first kappa shape index (κ1) is 26.4. The highest BCUT2D eigenvalue weighted by Gasteiger charge is 2.06. The van der Waals surface area contributed by atoms with Crippen molar-refractivity contribution in [2.45, 2.75) is 52.0 Å². The van der Waals surface area contributed by atoms with Crippen molar-refractivity contribution in [3.05, 3.63) is 0 Å². The summed E-state index contributed by atoms with van der Waals surface area (Å²) in [6.07, 6.45) is 6.66. The van der Waals surface area contributed by atoms with Crippen LogP contribution in [0.5, 0.6) is 0 Å². The highest BCUT2D eigenvalue weighted by molar-refractivity contribution is 8.93. The molecule has 1 aliphatic rings. The second-order valence-corrected chi connectivity index (χ2v) is 3.86. The molecule has 0 aromatic rings. The molecule has 110 valence electrons. The third-order valence-corrected chi connectivity index (χ3v) is 2.15. The lowest BCUT2D eigenvalue weighted by atomic mass is 9.97. The molecule has 5 heteroatoms. The Hall–Kier alpha value is 0.840. The maximum absolute atomic E-state index is 5.63. The zero-order valence-corrected chi connectivity index (χ0v) is 15.3. The van der Waals surface area contributed by atoms with Crippen LogP contribution in [0.1, 0.15) is 46.0 Å². The summed E-state index contributed by atoms with van der Waals surface area (Å²) in [5, 5.41) is 5.86. The van der Waals surface area contributed by atoms with Crippen LogP contribution in [0, 0.1) is 0 Å². The summed E-state index contributed by atoms with van der Waals surface area (Å²) >= 11 is 0. The minimum absolute atomic E-state index is 0. The van der Waals surface area contributed by atoms with Crippen LogP contribution in [0.2, 0.25) is 0 Å². The quantitative estimate of drug-likeness (QED) is 0.692. The molecule has 1 saturated carbocycles. The zero-order valence-electron chi connectivity index (χ0n) is 11.9. The molecule has 1 rings (SSSR count). The fraction of sp³-hybridized carbons (Fsp3) is 1.00. The van der Waals surface area contributed by atoms with Crippen LogP contribution in [-0.4, -0.2) is 33.2 Å². The van der Waals surface area contributed by atoms with Gasteiger partial charge in [-0.15, -0.1) is 34.0 Å². The van der Waals surface area contributed by atoms with Gasteiger partial charge in [-0.25, -0.2) is 0 Å². The van der Waals surface area contributed by atoms with Gasteiger partial charge in [-0.2, -0.15) is 0 Å². The van der Waals surface area contributed by atoms with Crippen LogP contribution >= 0.6 is 34.0 Å². The van der Waals surface area contributed by atoms with Gasteiger partial charge >= 0.3 is 0 Å². The van der Waals surface area contributed by atoms with Gasteiger partial charge in [-0.05, 0) is 40.0 Å². The molecule has 0 aromatic carbocycles. The van der Waals surface area contributed by atoms with Crippen molar-refractivity contribution >= 4 is 34.0 Å². The van der Waals surface area contributed by atoms with E-state index in [2.05, 4.69) is 24.5 Å². The van der Waals surface area contributed by atoms with Crippen molar-refractivity contribution in [1.82, 2.24) is 10.6 Å². The van der Waals surface area contributed by atoms with Gasteiger partial charge in [0, 0.05) is 6.04 Å². The molecule has 0 bridgehead atoms. The van der Waals surface area contributed by atoms with Gasteiger partial charge in [-0.1, -0.05) is 33.1 Å². The Morgan fingerprint density at radius 3 is 1.41 bits per heavy atom. The SMILES string of the molecule is Br.Br.CCNCC.CNC.NC1CCCCC1. The monoisotopic (exact) mass is 377 g/mol. The summed E-state index contributed by atoms with van der Waals surface area (Å²) in [6.45, 7) is 6.39. The van der Waals surface area contributed by atoms with Crippen LogP contribution < -0.4 is 16.4 Å². The lowest BCUT2D eigenvalue weighted by Gasteiger charge is -2.15. The summed E-state index contributed by atoms with van der Waals surface area (Å²) in [4.78, 5) is 0. The summed E-state index contributed by atoms with van der Waals surface area (Å²) in [5.41, 5.74) is 5.63. The average Bonchev–Trinajstić information content (AvgIpc) is 2.22. The summed E-state index contributed by atoms with van der Waals surface area (Å²) in [6, 6.07) is 0.536. The zero-order chi connectivity index (χ0) is 11.9. The van der Waals surface area contributed by atoms with Crippen LogP contribution in [0.4, 0.5) is 0 Å². The van der Waals surface area contributed by atoms with E-state index >= 15 is 0 Å². The summed E-state index contributed by atoms with van der Waals surface area (Å²) < 4.78 is 0. The van der Waals surface area contributed by atoms with Crippen molar-refractivity contribution in [3.8, 4) is 0 Å². The number of hydrogen-bond acceptors (Lipinski definition) is 3. The van der Waals surface area contributed by atoms with Crippen LogP contribution in [-0.2, 0) is 0 Å². The standard InChI is InChI=1S/C6H13N.C4H11N.C2H7N.2BrH/c7-6-4-2-1-3-5-6;1-3-5-4-2;1-3-2;;/h6H,1-5,7H2;5H,3-4H2,1-2H3;3H,1-2H3;2*1H. The molecule has 0 heterocycles. The van der Waals surface area contributed by atoms with E-state index < -0.39 is 0 Å². The van der Waals surface area contributed by atoms with Crippen molar-refractivity contribution in [2.75, 3.05) is 27.2 Å². The molecule has 0 radical (unpaired) electrons. The third kappa shape index (κ3) is 31.6. The Morgan fingerprint density at radius 2 is 1.29 bits per heavy atom. The highest BCUT2D eigenvalue weighted by atomic mass is 79.9. The summed E-state index contributed by atoms with van der Waals surface area (Å²) in [5.74, 6) is 0. The second-order valence-electron chi connectivity index (χ2n) is 3.86.